The summed E-state index contributed by atoms with van der Waals surface area (Å²) in [5, 5.41) is 9.20. The molecule has 0 aliphatic carbocycles. The van der Waals surface area contributed by atoms with Gasteiger partial charge in [0.2, 0.25) is 0 Å². The lowest BCUT2D eigenvalue weighted by Crippen LogP contribution is -2.29. The van der Waals surface area contributed by atoms with E-state index in [2.05, 4.69) is 10.5 Å². The lowest BCUT2D eigenvalue weighted by Gasteiger charge is -2.18. The summed E-state index contributed by atoms with van der Waals surface area (Å²) in [6.07, 6.45) is 1.71. The largest absolute Gasteiger partial charge is 0.394 e. The summed E-state index contributed by atoms with van der Waals surface area (Å²) >= 11 is 0. The Labute approximate surface area is 139 Å². The fourth-order valence-corrected chi connectivity index (χ4v) is 2.81. The van der Waals surface area contributed by atoms with Gasteiger partial charge >= 0.3 is 5.69 Å². The van der Waals surface area contributed by atoms with Crippen LogP contribution in [-0.4, -0.2) is 27.4 Å². The van der Waals surface area contributed by atoms with Crippen LogP contribution < -0.4 is 11.2 Å². The summed E-state index contributed by atoms with van der Waals surface area (Å²) in [7, 11) is 0. The molecular formula is C17H21N3O4. The van der Waals surface area contributed by atoms with Crippen molar-refractivity contribution in [1.82, 2.24) is 9.55 Å². The maximum atomic E-state index is 12.2. The Balaban J connectivity index is 1.61. The molecule has 1 aromatic heterocycles. The molecule has 128 valence electrons. The number of nitrogens with one attached hydrogen (secondary N) is 1. The summed E-state index contributed by atoms with van der Waals surface area (Å²) < 4.78 is 7.14. The predicted molar refractivity (Wildman–Crippen MR) is 88.1 cm³/mol. The third-order valence-electron chi connectivity index (χ3n) is 4.02. The summed E-state index contributed by atoms with van der Waals surface area (Å²) in [4.78, 5) is 21.5. The highest BCUT2D eigenvalue weighted by Crippen LogP contribution is 2.32. The molecule has 2 aromatic rings. The van der Waals surface area contributed by atoms with Crippen LogP contribution in [0.1, 0.15) is 25.1 Å². The smallest absolute Gasteiger partial charge is 0.351 e. The van der Waals surface area contributed by atoms with Crippen LogP contribution >= 0.6 is 0 Å². The van der Waals surface area contributed by atoms with Gasteiger partial charge in [-0.05, 0) is 18.1 Å². The molecule has 3 unspecified atom stereocenters. The van der Waals surface area contributed by atoms with Crippen molar-refractivity contribution in [1.29, 1.82) is 0 Å². The fraction of sp³-hybridized carbons (Fsp3) is 0.412. The monoisotopic (exact) mass is 331 g/mol. The van der Waals surface area contributed by atoms with Gasteiger partial charge in [0.05, 0.1) is 19.3 Å². The Hall–Kier alpha value is -2.22. The highest BCUT2D eigenvalue weighted by Gasteiger charge is 2.33. The van der Waals surface area contributed by atoms with Gasteiger partial charge in [-0.25, -0.2) is 10.3 Å². The van der Waals surface area contributed by atoms with Crippen LogP contribution in [0.4, 0.5) is 5.82 Å². The van der Waals surface area contributed by atoms with Crippen LogP contribution in [0.15, 0.2) is 47.4 Å². The van der Waals surface area contributed by atoms with Crippen molar-refractivity contribution in [2.24, 2.45) is 5.92 Å². The Morgan fingerprint density at radius 1 is 1.38 bits per heavy atom. The molecule has 3 rings (SSSR count). The molecule has 1 saturated heterocycles. The van der Waals surface area contributed by atoms with E-state index in [9.17, 15) is 9.90 Å². The van der Waals surface area contributed by atoms with Gasteiger partial charge in [0.15, 0.2) is 5.82 Å². The average molecular weight is 331 g/mol. The van der Waals surface area contributed by atoms with E-state index in [1.165, 1.54) is 4.57 Å². The first-order valence-electron chi connectivity index (χ1n) is 7.94. The van der Waals surface area contributed by atoms with Crippen LogP contribution in [0.3, 0.4) is 0 Å². The Kier molecular flexibility index (Phi) is 5.24. The van der Waals surface area contributed by atoms with Gasteiger partial charge in [-0.3, -0.25) is 9.40 Å². The van der Waals surface area contributed by atoms with Crippen molar-refractivity contribution in [3.63, 3.8) is 0 Å². The van der Waals surface area contributed by atoms with Crippen molar-refractivity contribution in [3.8, 4) is 0 Å². The van der Waals surface area contributed by atoms with E-state index in [1.807, 2.05) is 37.3 Å². The summed E-state index contributed by atoms with van der Waals surface area (Å²) in [5.74, 6) is 0.478. The molecule has 1 aliphatic rings. The van der Waals surface area contributed by atoms with Crippen LogP contribution in [0.5, 0.6) is 0 Å². The van der Waals surface area contributed by atoms with Crippen molar-refractivity contribution >= 4 is 5.82 Å². The molecule has 0 spiro atoms. The number of nitrogens with zero attached hydrogens (tertiary/aromatic N) is 2. The molecule has 1 fully saturated rings. The zero-order valence-corrected chi connectivity index (χ0v) is 13.5. The second-order valence-electron chi connectivity index (χ2n) is 5.92. The number of ether oxygens (including phenoxy) is 1. The second-order valence-corrected chi connectivity index (χ2v) is 5.92. The van der Waals surface area contributed by atoms with Crippen LogP contribution in [0, 0.1) is 5.92 Å². The summed E-state index contributed by atoms with van der Waals surface area (Å²) in [6.45, 7) is 2.31. The number of hydrogen-bond donors (Lipinski definition) is 2. The molecule has 7 heteroatoms. The van der Waals surface area contributed by atoms with Gasteiger partial charge in [0.25, 0.3) is 0 Å². The highest BCUT2D eigenvalue weighted by molar-refractivity contribution is 5.28. The van der Waals surface area contributed by atoms with E-state index >= 15 is 0 Å². The normalized spacial score (nSPS) is 23.3. The number of benzene rings is 1. The van der Waals surface area contributed by atoms with Gasteiger partial charge in [0, 0.05) is 12.1 Å². The van der Waals surface area contributed by atoms with E-state index in [0.29, 0.717) is 18.8 Å². The number of aliphatic hydroxyl groups excluding tert-OH is 1. The molecule has 7 nitrogen and oxygen atoms in total. The van der Waals surface area contributed by atoms with E-state index < -0.39 is 11.9 Å². The van der Waals surface area contributed by atoms with Crippen molar-refractivity contribution < 1.29 is 14.7 Å². The Bertz CT molecular complexity index is 719. The third kappa shape index (κ3) is 3.81. The zero-order chi connectivity index (χ0) is 16.9. The molecule has 0 saturated carbocycles. The fourth-order valence-electron chi connectivity index (χ4n) is 2.81. The number of aliphatic hydroxyl groups is 1. The first kappa shape index (κ1) is 16.6. The average Bonchev–Trinajstić information content (AvgIpc) is 2.97. The second kappa shape index (κ2) is 7.57. The predicted octanol–water partition coefficient (Wildman–Crippen LogP) is 1.70. The lowest BCUT2D eigenvalue weighted by molar-refractivity contribution is -0.0336. The minimum absolute atomic E-state index is 0.0457. The Morgan fingerprint density at radius 2 is 2.17 bits per heavy atom. The number of anilines is 1. The van der Waals surface area contributed by atoms with Crippen molar-refractivity contribution in [2.45, 2.75) is 32.3 Å². The van der Waals surface area contributed by atoms with Gasteiger partial charge in [-0.15, -0.1) is 0 Å². The molecule has 1 aliphatic heterocycles. The third-order valence-corrected chi connectivity index (χ3v) is 4.02. The highest BCUT2D eigenvalue weighted by atomic mass is 16.6. The first-order chi connectivity index (χ1) is 11.7. The molecular weight excluding hydrogens is 310 g/mol. The standard InChI is InChI=1S/C17H21N3O4/c1-12-9-14(10-21)24-16(12)20-8-7-15(18-17(20)22)19-23-11-13-5-3-2-4-6-13/h2-8,12,14,16,21H,9-11H2,1H3,(H,18,19,22). The molecule has 2 heterocycles. The lowest BCUT2D eigenvalue weighted by atomic mass is 10.1. The quantitative estimate of drug-likeness (QED) is 0.784. The molecule has 1 aromatic carbocycles. The molecule has 0 amide bonds. The number of aromatic nitrogens is 2. The topological polar surface area (TPSA) is 85.6 Å². The number of rotatable bonds is 6. The van der Waals surface area contributed by atoms with Crippen LogP contribution in [-0.2, 0) is 16.2 Å². The first-order valence-corrected chi connectivity index (χ1v) is 7.94. The summed E-state index contributed by atoms with van der Waals surface area (Å²) in [5.41, 5.74) is 3.28. The van der Waals surface area contributed by atoms with E-state index in [4.69, 9.17) is 9.57 Å². The molecule has 24 heavy (non-hydrogen) atoms. The maximum Gasteiger partial charge on any atom is 0.351 e. The minimum Gasteiger partial charge on any atom is -0.394 e. The van der Waals surface area contributed by atoms with Gasteiger partial charge in [-0.1, -0.05) is 37.3 Å². The van der Waals surface area contributed by atoms with Crippen molar-refractivity contribution in [2.75, 3.05) is 12.1 Å². The van der Waals surface area contributed by atoms with Crippen molar-refractivity contribution in [3.05, 3.63) is 58.6 Å². The van der Waals surface area contributed by atoms with Crippen LogP contribution in [0.25, 0.3) is 0 Å². The number of hydrogen-bond acceptors (Lipinski definition) is 6. The van der Waals surface area contributed by atoms with Gasteiger partial charge in [0.1, 0.15) is 6.23 Å². The maximum absolute atomic E-state index is 12.2. The molecule has 3 atom stereocenters. The zero-order valence-electron chi connectivity index (χ0n) is 13.5. The molecule has 0 radical (unpaired) electrons. The SMILES string of the molecule is CC1CC(CO)OC1n1ccc(NOCc2ccccc2)nc1=O. The summed E-state index contributed by atoms with van der Waals surface area (Å²) in [6, 6.07) is 11.4. The molecule has 0 bridgehead atoms. The molecule has 2 N–H and O–H groups in total. The van der Waals surface area contributed by atoms with E-state index in [1.54, 1.807) is 12.3 Å². The minimum atomic E-state index is -0.418. The van der Waals surface area contributed by atoms with E-state index in [-0.39, 0.29) is 18.6 Å². The van der Waals surface area contributed by atoms with Crippen LogP contribution in [0.2, 0.25) is 0 Å². The van der Waals surface area contributed by atoms with Gasteiger partial charge < -0.3 is 9.84 Å². The van der Waals surface area contributed by atoms with E-state index in [0.717, 1.165) is 5.56 Å². The Morgan fingerprint density at radius 3 is 2.83 bits per heavy atom. The van der Waals surface area contributed by atoms with Gasteiger partial charge in [-0.2, -0.15) is 4.98 Å².